The lowest BCUT2D eigenvalue weighted by Crippen LogP contribution is -2.22. The molecule has 11 heavy (non-hydrogen) atoms. The summed E-state index contributed by atoms with van der Waals surface area (Å²) in [6.45, 7) is 0.685. The van der Waals surface area contributed by atoms with Gasteiger partial charge in [0.15, 0.2) is 0 Å². The first kappa shape index (κ1) is 8.20. The van der Waals surface area contributed by atoms with Gasteiger partial charge in [0.25, 0.3) is 0 Å². The molecule has 2 N–H and O–H groups in total. The zero-order valence-corrected chi connectivity index (χ0v) is 5.99. The van der Waals surface area contributed by atoms with Crippen LogP contribution in [0.4, 0.5) is 0 Å². The van der Waals surface area contributed by atoms with E-state index in [1.54, 1.807) is 0 Å². The molecule has 1 aromatic rings. The summed E-state index contributed by atoms with van der Waals surface area (Å²) in [6, 6.07) is 10.1. The third-order valence-electron chi connectivity index (χ3n) is 1.57. The number of benzene rings is 1. The minimum absolute atomic E-state index is 0. The van der Waals surface area contributed by atoms with Gasteiger partial charge in [-0.2, -0.15) is 0 Å². The molecule has 1 heterocycles. The fourth-order valence-electron chi connectivity index (χ4n) is 0.956. The molecule has 0 aliphatic carbocycles. The van der Waals surface area contributed by atoms with Crippen molar-refractivity contribution >= 4 is 0 Å². The van der Waals surface area contributed by atoms with Crippen molar-refractivity contribution in [1.29, 1.82) is 0 Å². The molecule has 1 atom stereocenters. The first-order valence-corrected chi connectivity index (χ1v) is 3.30. The normalized spacial score (nSPS) is 21.6. The largest absolute Gasteiger partial charge is 0.412 e. The van der Waals surface area contributed by atoms with Crippen molar-refractivity contribution in [3.8, 4) is 0 Å². The molecule has 3 heteroatoms. The topological polar surface area (TPSA) is 50.0 Å². The Labute approximate surface area is 64.8 Å². The monoisotopic (exact) mass is 154 g/mol. The van der Waals surface area contributed by atoms with Gasteiger partial charge in [-0.15, -0.1) is 0 Å². The molecule has 0 amide bonds. The Hall–Kier alpha value is -0.900. The van der Waals surface area contributed by atoms with Crippen molar-refractivity contribution in [3.05, 3.63) is 35.9 Å². The van der Waals surface area contributed by atoms with Crippen LogP contribution in [0.1, 0.15) is 11.7 Å². The smallest absolute Gasteiger partial charge is 0.144 e. The summed E-state index contributed by atoms with van der Waals surface area (Å²) in [5.41, 5.74) is 1.19. The predicted molar refractivity (Wildman–Crippen MR) is 39.8 cm³/mol. The second-order valence-corrected chi connectivity index (χ2v) is 2.28. The van der Waals surface area contributed by atoms with Gasteiger partial charge in [-0.3, -0.25) is 0 Å². The van der Waals surface area contributed by atoms with E-state index in [0.717, 1.165) is 0 Å². The van der Waals surface area contributed by atoms with Gasteiger partial charge in [-0.1, -0.05) is 30.3 Å². The summed E-state index contributed by atoms with van der Waals surface area (Å²) in [5, 5.41) is 0. The molecular formula is C8H10O3. The van der Waals surface area contributed by atoms with Crippen LogP contribution in [0.3, 0.4) is 0 Å². The summed E-state index contributed by atoms with van der Waals surface area (Å²) in [7, 11) is 0. The Morgan fingerprint density at radius 1 is 1.18 bits per heavy atom. The molecule has 2 rings (SSSR count). The average Bonchev–Trinajstić information content (AvgIpc) is 1.86. The highest BCUT2D eigenvalue weighted by molar-refractivity contribution is 5.17. The van der Waals surface area contributed by atoms with Gasteiger partial charge in [0.05, 0.1) is 0 Å². The van der Waals surface area contributed by atoms with Gasteiger partial charge < -0.3 is 5.48 Å². The highest BCUT2D eigenvalue weighted by Crippen LogP contribution is 2.24. The maximum Gasteiger partial charge on any atom is 0.144 e. The zero-order chi connectivity index (χ0) is 6.81. The summed E-state index contributed by atoms with van der Waals surface area (Å²) in [6.07, 6.45) is 0.168. The number of rotatable bonds is 1. The highest BCUT2D eigenvalue weighted by Gasteiger charge is 2.21. The Morgan fingerprint density at radius 2 is 1.82 bits per heavy atom. The number of hydrogen-bond acceptors (Lipinski definition) is 2. The van der Waals surface area contributed by atoms with Crippen molar-refractivity contribution in [2.75, 3.05) is 6.61 Å². The van der Waals surface area contributed by atoms with Gasteiger partial charge in [0.1, 0.15) is 12.7 Å². The van der Waals surface area contributed by atoms with E-state index >= 15 is 0 Å². The fourth-order valence-corrected chi connectivity index (χ4v) is 0.956. The Bertz CT molecular complexity index is 206. The van der Waals surface area contributed by atoms with Crippen LogP contribution >= 0.6 is 0 Å². The third kappa shape index (κ3) is 1.57. The molecule has 0 bridgehead atoms. The van der Waals surface area contributed by atoms with E-state index in [9.17, 15) is 0 Å². The standard InChI is InChI=1S/C8H8O2.H2O/c1-2-4-7(5-3-1)8-6-9-10-8;/h1-5,8H,6H2;1H2. The molecule has 1 aromatic carbocycles. The van der Waals surface area contributed by atoms with Crippen molar-refractivity contribution in [3.63, 3.8) is 0 Å². The summed E-state index contributed by atoms with van der Waals surface area (Å²) >= 11 is 0. The summed E-state index contributed by atoms with van der Waals surface area (Å²) in [5.74, 6) is 0. The molecule has 1 saturated heterocycles. The Kier molecular flexibility index (Phi) is 2.59. The lowest BCUT2D eigenvalue weighted by Gasteiger charge is -2.24. The van der Waals surface area contributed by atoms with Crippen molar-refractivity contribution in [2.45, 2.75) is 6.10 Å². The van der Waals surface area contributed by atoms with E-state index in [1.165, 1.54) is 5.56 Å². The van der Waals surface area contributed by atoms with Crippen molar-refractivity contribution in [1.82, 2.24) is 0 Å². The quantitative estimate of drug-likeness (QED) is 0.563. The molecule has 0 spiro atoms. The molecular weight excluding hydrogens is 144 g/mol. The molecule has 0 aromatic heterocycles. The third-order valence-corrected chi connectivity index (χ3v) is 1.57. The molecule has 1 fully saturated rings. The molecule has 3 nitrogen and oxygen atoms in total. The van der Waals surface area contributed by atoms with E-state index in [1.807, 2.05) is 30.3 Å². The molecule has 1 unspecified atom stereocenters. The van der Waals surface area contributed by atoms with Crippen molar-refractivity contribution < 1.29 is 15.3 Å². The van der Waals surface area contributed by atoms with Crippen LogP contribution in [0.5, 0.6) is 0 Å². The van der Waals surface area contributed by atoms with E-state index in [2.05, 4.69) is 4.89 Å². The van der Waals surface area contributed by atoms with Gasteiger partial charge >= 0.3 is 0 Å². The van der Waals surface area contributed by atoms with Crippen LogP contribution in [0.15, 0.2) is 30.3 Å². The number of hydrogen-bond donors (Lipinski definition) is 0. The van der Waals surface area contributed by atoms with Crippen LogP contribution < -0.4 is 0 Å². The first-order chi connectivity index (χ1) is 4.97. The van der Waals surface area contributed by atoms with E-state index < -0.39 is 0 Å². The SMILES string of the molecule is O.c1ccc(C2COO2)cc1. The first-order valence-electron chi connectivity index (χ1n) is 3.30. The maximum absolute atomic E-state index is 4.82. The fraction of sp³-hybridized carbons (Fsp3) is 0.250. The van der Waals surface area contributed by atoms with Gasteiger partial charge in [0, 0.05) is 0 Å². The molecule has 1 aliphatic rings. The lowest BCUT2D eigenvalue weighted by molar-refractivity contribution is -0.429. The second kappa shape index (κ2) is 3.48. The zero-order valence-electron chi connectivity index (χ0n) is 5.99. The molecule has 0 radical (unpaired) electrons. The minimum atomic E-state index is 0. The van der Waals surface area contributed by atoms with Crippen LogP contribution in [-0.2, 0) is 9.78 Å². The van der Waals surface area contributed by atoms with Crippen LogP contribution in [0.2, 0.25) is 0 Å². The van der Waals surface area contributed by atoms with Gasteiger partial charge in [0.2, 0.25) is 0 Å². The Morgan fingerprint density at radius 3 is 2.27 bits per heavy atom. The van der Waals surface area contributed by atoms with E-state index in [0.29, 0.717) is 6.61 Å². The van der Waals surface area contributed by atoms with Gasteiger partial charge in [-0.25, -0.2) is 9.78 Å². The summed E-state index contributed by atoms with van der Waals surface area (Å²) < 4.78 is 0. The van der Waals surface area contributed by atoms with E-state index in [4.69, 9.17) is 4.89 Å². The average molecular weight is 154 g/mol. The van der Waals surface area contributed by atoms with Crippen molar-refractivity contribution in [2.24, 2.45) is 0 Å². The Balaban J connectivity index is 0.000000605. The molecule has 1 aliphatic heterocycles. The van der Waals surface area contributed by atoms with Crippen LogP contribution in [0.25, 0.3) is 0 Å². The summed E-state index contributed by atoms with van der Waals surface area (Å²) in [4.78, 5) is 9.41. The minimum Gasteiger partial charge on any atom is -0.412 e. The van der Waals surface area contributed by atoms with Gasteiger partial charge in [-0.05, 0) is 5.56 Å². The second-order valence-electron chi connectivity index (χ2n) is 2.28. The predicted octanol–water partition coefficient (Wildman–Crippen LogP) is 0.865. The molecule has 60 valence electrons. The maximum atomic E-state index is 4.82. The lowest BCUT2D eigenvalue weighted by atomic mass is 10.1. The van der Waals surface area contributed by atoms with Crippen LogP contribution in [0, 0.1) is 0 Å². The molecule has 0 saturated carbocycles. The van der Waals surface area contributed by atoms with Crippen LogP contribution in [-0.4, -0.2) is 12.1 Å². The van der Waals surface area contributed by atoms with E-state index in [-0.39, 0.29) is 11.6 Å². The highest BCUT2D eigenvalue weighted by atomic mass is 17.2.